The molecule has 0 aliphatic rings. The molecule has 1 atom stereocenters. The van der Waals surface area contributed by atoms with Gasteiger partial charge in [-0.25, -0.2) is 0 Å². The summed E-state index contributed by atoms with van der Waals surface area (Å²) in [6.07, 6.45) is 3.54. The lowest BCUT2D eigenvalue weighted by molar-refractivity contribution is -0.156. The number of ether oxygens (including phenoxy) is 1. The number of unbranched alkanes of at least 4 members (excludes halogenated alkanes) is 1. The van der Waals surface area contributed by atoms with Crippen LogP contribution in [0.2, 0.25) is 0 Å². The smallest absolute Gasteiger partial charge is 0.326 e. The van der Waals surface area contributed by atoms with Gasteiger partial charge in [-0.1, -0.05) is 61.3 Å². The molecule has 0 aliphatic carbocycles. The Kier molecular flexibility index (Phi) is 6.53. The highest BCUT2D eigenvalue weighted by Crippen LogP contribution is 2.40. The minimum atomic E-state index is -0.930. The van der Waals surface area contributed by atoms with E-state index in [0.717, 1.165) is 19.3 Å². The molecule has 114 valence electrons. The van der Waals surface area contributed by atoms with Crippen LogP contribution in [0.25, 0.3) is 0 Å². The van der Waals surface area contributed by atoms with E-state index in [1.165, 1.54) is 0 Å². The van der Waals surface area contributed by atoms with E-state index >= 15 is 0 Å². The Balaban J connectivity index is 5.04. The van der Waals surface area contributed by atoms with Crippen LogP contribution in [-0.4, -0.2) is 18.1 Å². The molecule has 19 heavy (non-hydrogen) atoms. The lowest BCUT2D eigenvalue weighted by Crippen LogP contribution is -2.60. The highest BCUT2D eigenvalue weighted by Gasteiger charge is 2.49. The molecule has 2 N–H and O–H groups in total. The van der Waals surface area contributed by atoms with Crippen molar-refractivity contribution in [2.24, 2.45) is 16.6 Å². The van der Waals surface area contributed by atoms with E-state index in [2.05, 4.69) is 27.7 Å². The zero-order valence-electron chi connectivity index (χ0n) is 13.9. The number of esters is 1. The Labute approximate surface area is 119 Å². The van der Waals surface area contributed by atoms with Crippen molar-refractivity contribution in [2.45, 2.75) is 79.7 Å². The maximum Gasteiger partial charge on any atom is 0.326 e. The standard InChI is InChI=1S/C16H33NO2/c1-8-10-11-19-13(18)16(17,14(3,4)5)12-15(6,7)9-2/h8-12,17H2,1-7H3. The fraction of sp³-hybridized carbons (Fsp3) is 0.938. The molecule has 0 aromatic heterocycles. The van der Waals surface area contributed by atoms with Crippen LogP contribution < -0.4 is 5.73 Å². The quantitative estimate of drug-likeness (QED) is 0.564. The van der Waals surface area contributed by atoms with Crippen LogP contribution in [0.5, 0.6) is 0 Å². The summed E-state index contributed by atoms with van der Waals surface area (Å²) in [5.74, 6) is -0.255. The molecule has 0 aliphatic heterocycles. The normalized spacial score (nSPS) is 16.0. The minimum absolute atomic E-state index is 0.0335. The molecule has 0 bridgehead atoms. The summed E-state index contributed by atoms with van der Waals surface area (Å²) < 4.78 is 5.40. The molecule has 0 saturated carbocycles. The Morgan fingerprint density at radius 3 is 2.00 bits per heavy atom. The monoisotopic (exact) mass is 271 g/mol. The molecule has 0 radical (unpaired) electrons. The molecule has 3 heteroatoms. The van der Waals surface area contributed by atoms with Gasteiger partial charge < -0.3 is 10.5 Å². The summed E-state index contributed by atoms with van der Waals surface area (Å²) in [5, 5.41) is 0. The number of rotatable bonds is 7. The summed E-state index contributed by atoms with van der Waals surface area (Å²) in [7, 11) is 0. The summed E-state index contributed by atoms with van der Waals surface area (Å²) >= 11 is 0. The number of carbonyl (C=O) groups excluding carboxylic acids is 1. The van der Waals surface area contributed by atoms with Crippen molar-refractivity contribution in [3.8, 4) is 0 Å². The van der Waals surface area contributed by atoms with Crippen molar-refractivity contribution >= 4 is 5.97 Å². The predicted octanol–water partition coefficient (Wildman–Crippen LogP) is 3.90. The van der Waals surface area contributed by atoms with Crippen molar-refractivity contribution in [2.75, 3.05) is 6.61 Å². The average Bonchev–Trinajstić information content (AvgIpc) is 2.27. The molecule has 0 heterocycles. The van der Waals surface area contributed by atoms with E-state index in [1.807, 2.05) is 20.8 Å². The number of hydrogen-bond donors (Lipinski definition) is 1. The van der Waals surface area contributed by atoms with Gasteiger partial charge in [0.2, 0.25) is 0 Å². The Morgan fingerprint density at radius 1 is 1.11 bits per heavy atom. The first-order valence-electron chi connectivity index (χ1n) is 7.46. The molecule has 0 saturated heterocycles. The Morgan fingerprint density at radius 2 is 1.63 bits per heavy atom. The molecular formula is C16H33NO2. The summed E-state index contributed by atoms with van der Waals surface area (Å²) in [5.41, 5.74) is 5.27. The molecule has 0 amide bonds. The fourth-order valence-corrected chi connectivity index (χ4v) is 1.96. The van der Waals surface area contributed by atoms with E-state index in [-0.39, 0.29) is 16.8 Å². The van der Waals surface area contributed by atoms with Crippen LogP contribution in [0.1, 0.15) is 74.1 Å². The third kappa shape index (κ3) is 5.13. The van der Waals surface area contributed by atoms with Gasteiger partial charge in [0.1, 0.15) is 5.54 Å². The van der Waals surface area contributed by atoms with Gasteiger partial charge in [0.15, 0.2) is 0 Å². The van der Waals surface area contributed by atoms with Crippen LogP contribution in [-0.2, 0) is 9.53 Å². The van der Waals surface area contributed by atoms with Gasteiger partial charge in [-0.3, -0.25) is 4.79 Å². The zero-order valence-corrected chi connectivity index (χ0v) is 13.9. The van der Waals surface area contributed by atoms with Gasteiger partial charge in [0, 0.05) is 0 Å². The van der Waals surface area contributed by atoms with Crippen LogP contribution in [0.4, 0.5) is 0 Å². The number of hydrogen-bond acceptors (Lipinski definition) is 3. The van der Waals surface area contributed by atoms with Crippen molar-refractivity contribution < 1.29 is 9.53 Å². The number of carbonyl (C=O) groups is 1. The predicted molar refractivity (Wildman–Crippen MR) is 80.9 cm³/mol. The van der Waals surface area contributed by atoms with E-state index < -0.39 is 5.54 Å². The zero-order chi connectivity index (χ0) is 15.3. The van der Waals surface area contributed by atoms with Gasteiger partial charge in [0.25, 0.3) is 0 Å². The molecule has 3 nitrogen and oxygen atoms in total. The molecule has 1 unspecified atom stereocenters. The second-order valence-electron chi connectivity index (χ2n) is 7.41. The summed E-state index contributed by atoms with van der Waals surface area (Å²) in [4.78, 5) is 12.4. The van der Waals surface area contributed by atoms with Crippen molar-refractivity contribution in [1.82, 2.24) is 0 Å². The van der Waals surface area contributed by atoms with E-state index in [0.29, 0.717) is 13.0 Å². The lowest BCUT2D eigenvalue weighted by Gasteiger charge is -2.43. The maximum absolute atomic E-state index is 12.4. The first kappa shape index (κ1) is 18.4. The minimum Gasteiger partial charge on any atom is -0.464 e. The first-order valence-corrected chi connectivity index (χ1v) is 7.46. The van der Waals surface area contributed by atoms with Gasteiger partial charge in [-0.2, -0.15) is 0 Å². The van der Waals surface area contributed by atoms with Gasteiger partial charge >= 0.3 is 5.97 Å². The van der Waals surface area contributed by atoms with Gasteiger partial charge in [-0.05, 0) is 23.7 Å². The van der Waals surface area contributed by atoms with Gasteiger partial charge in [0.05, 0.1) is 6.61 Å². The van der Waals surface area contributed by atoms with Crippen molar-refractivity contribution in [1.29, 1.82) is 0 Å². The fourth-order valence-electron chi connectivity index (χ4n) is 1.96. The van der Waals surface area contributed by atoms with Gasteiger partial charge in [-0.15, -0.1) is 0 Å². The third-order valence-electron chi connectivity index (χ3n) is 4.15. The molecule has 0 aromatic carbocycles. The molecule has 0 spiro atoms. The van der Waals surface area contributed by atoms with Crippen molar-refractivity contribution in [3.63, 3.8) is 0 Å². The second-order valence-corrected chi connectivity index (χ2v) is 7.41. The van der Waals surface area contributed by atoms with E-state index in [4.69, 9.17) is 10.5 Å². The third-order valence-corrected chi connectivity index (χ3v) is 4.15. The average molecular weight is 271 g/mol. The highest BCUT2D eigenvalue weighted by molar-refractivity contribution is 5.81. The Bertz CT molecular complexity index is 292. The van der Waals surface area contributed by atoms with E-state index in [9.17, 15) is 4.79 Å². The lowest BCUT2D eigenvalue weighted by atomic mass is 9.65. The Hall–Kier alpha value is -0.570. The summed E-state index contributed by atoms with van der Waals surface area (Å²) in [6.45, 7) is 15.0. The van der Waals surface area contributed by atoms with Crippen molar-refractivity contribution in [3.05, 3.63) is 0 Å². The molecular weight excluding hydrogens is 238 g/mol. The van der Waals surface area contributed by atoms with Crippen LogP contribution in [0.15, 0.2) is 0 Å². The van der Waals surface area contributed by atoms with Crippen LogP contribution in [0.3, 0.4) is 0 Å². The molecule has 0 aromatic rings. The summed E-state index contributed by atoms with van der Waals surface area (Å²) in [6, 6.07) is 0. The SMILES string of the molecule is CCCCOC(=O)C(N)(CC(C)(C)CC)C(C)(C)C. The molecule has 0 fully saturated rings. The molecule has 0 rings (SSSR count). The first-order chi connectivity index (χ1) is 8.50. The largest absolute Gasteiger partial charge is 0.464 e. The maximum atomic E-state index is 12.4. The topological polar surface area (TPSA) is 52.3 Å². The highest BCUT2D eigenvalue weighted by atomic mass is 16.5. The van der Waals surface area contributed by atoms with Crippen LogP contribution in [0, 0.1) is 10.8 Å². The second kappa shape index (κ2) is 6.74. The van der Waals surface area contributed by atoms with Crippen LogP contribution >= 0.6 is 0 Å². The number of nitrogens with two attached hydrogens (primary N) is 1. The van der Waals surface area contributed by atoms with E-state index in [1.54, 1.807) is 0 Å².